The Hall–Kier alpha value is -2.86. The van der Waals surface area contributed by atoms with Crippen LogP contribution in [-0.2, 0) is 4.79 Å². The van der Waals surface area contributed by atoms with Crippen molar-refractivity contribution in [1.82, 2.24) is 5.32 Å². The van der Waals surface area contributed by atoms with Gasteiger partial charge in [-0.05, 0) is 56.2 Å². The molecule has 0 aliphatic rings. The lowest BCUT2D eigenvalue weighted by Gasteiger charge is -2.20. The zero-order valence-electron chi connectivity index (χ0n) is 14.8. The quantitative estimate of drug-likeness (QED) is 0.427. The highest BCUT2D eigenvalue weighted by molar-refractivity contribution is 5.93. The van der Waals surface area contributed by atoms with E-state index in [9.17, 15) is 4.79 Å². The molecular formula is C19H25N5O. The van der Waals surface area contributed by atoms with Gasteiger partial charge in [-0.2, -0.15) is 0 Å². The van der Waals surface area contributed by atoms with Crippen LogP contribution in [0.2, 0.25) is 0 Å². The van der Waals surface area contributed by atoms with E-state index in [0.29, 0.717) is 0 Å². The summed E-state index contributed by atoms with van der Waals surface area (Å²) in [4.78, 5) is 12.0. The minimum Gasteiger partial charge on any atom is -0.370 e. The Bertz CT molecular complexity index is 747. The summed E-state index contributed by atoms with van der Waals surface area (Å²) in [6.07, 6.45) is 0. The Labute approximate surface area is 148 Å². The van der Waals surface area contributed by atoms with E-state index >= 15 is 0 Å². The zero-order chi connectivity index (χ0) is 18.4. The Morgan fingerprint density at radius 2 is 1.68 bits per heavy atom. The minimum absolute atomic E-state index is 0.0759. The molecular weight excluding hydrogens is 314 g/mol. The smallest absolute Gasteiger partial charge is 0.238 e. The summed E-state index contributed by atoms with van der Waals surface area (Å²) in [5.74, 6) is -0.172. The summed E-state index contributed by atoms with van der Waals surface area (Å²) >= 11 is 0. The number of rotatable bonds is 5. The highest BCUT2D eigenvalue weighted by Crippen LogP contribution is 2.24. The van der Waals surface area contributed by atoms with Gasteiger partial charge in [-0.3, -0.25) is 10.2 Å². The van der Waals surface area contributed by atoms with Crippen molar-refractivity contribution in [2.24, 2.45) is 5.73 Å². The summed E-state index contributed by atoms with van der Waals surface area (Å²) in [7, 11) is 0. The SMILES string of the molecule is CC(C)(C)NCC(=O)Nc1cccc(-c2ccc(NC(=N)N)cc2)c1. The molecule has 6 N–H and O–H groups in total. The second kappa shape index (κ2) is 7.81. The molecule has 1 amide bonds. The zero-order valence-corrected chi connectivity index (χ0v) is 14.8. The second-order valence-corrected chi connectivity index (χ2v) is 6.85. The number of carbonyl (C=O) groups excluding carboxylic acids is 1. The first-order valence-corrected chi connectivity index (χ1v) is 8.09. The maximum Gasteiger partial charge on any atom is 0.238 e. The van der Waals surface area contributed by atoms with Gasteiger partial charge in [0.15, 0.2) is 5.96 Å². The number of nitrogens with two attached hydrogens (primary N) is 1. The highest BCUT2D eigenvalue weighted by Gasteiger charge is 2.11. The van der Waals surface area contributed by atoms with Crippen LogP contribution in [0.3, 0.4) is 0 Å². The van der Waals surface area contributed by atoms with Crippen molar-refractivity contribution in [1.29, 1.82) is 5.41 Å². The Morgan fingerprint density at radius 1 is 1.00 bits per heavy atom. The number of hydrogen-bond acceptors (Lipinski definition) is 3. The van der Waals surface area contributed by atoms with Gasteiger partial charge in [0.2, 0.25) is 5.91 Å². The summed E-state index contributed by atoms with van der Waals surface area (Å²) in [5, 5.41) is 16.0. The summed E-state index contributed by atoms with van der Waals surface area (Å²) in [5.41, 5.74) is 8.74. The molecule has 0 atom stereocenters. The van der Waals surface area contributed by atoms with Crippen molar-refractivity contribution in [2.75, 3.05) is 17.2 Å². The van der Waals surface area contributed by atoms with Gasteiger partial charge >= 0.3 is 0 Å². The van der Waals surface area contributed by atoms with E-state index in [4.69, 9.17) is 11.1 Å². The predicted octanol–water partition coefficient (Wildman–Crippen LogP) is 2.99. The monoisotopic (exact) mass is 339 g/mol. The average Bonchev–Trinajstić information content (AvgIpc) is 2.53. The first-order chi connectivity index (χ1) is 11.7. The van der Waals surface area contributed by atoms with Crippen molar-refractivity contribution in [3.63, 3.8) is 0 Å². The van der Waals surface area contributed by atoms with Crippen LogP contribution >= 0.6 is 0 Å². The van der Waals surface area contributed by atoms with Crippen molar-refractivity contribution in [3.8, 4) is 11.1 Å². The molecule has 0 spiro atoms. The van der Waals surface area contributed by atoms with Crippen LogP contribution in [0.1, 0.15) is 20.8 Å². The van der Waals surface area contributed by atoms with Crippen molar-refractivity contribution in [2.45, 2.75) is 26.3 Å². The molecule has 0 radical (unpaired) electrons. The summed E-state index contributed by atoms with van der Waals surface area (Å²) < 4.78 is 0. The first kappa shape index (κ1) is 18.5. The van der Waals surface area contributed by atoms with Gasteiger partial charge in [0.05, 0.1) is 6.54 Å². The molecule has 0 heterocycles. The number of guanidine groups is 1. The third-order valence-corrected chi connectivity index (χ3v) is 3.42. The number of anilines is 2. The third kappa shape index (κ3) is 6.27. The molecule has 6 nitrogen and oxygen atoms in total. The lowest BCUT2D eigenvalue weighted by Crippen LogP contribution is -2.41. The normalized spacial score (nSPS) is 11.0. The van der Waals surface area contributed by atoms with E-state index in [0.717, 1.165) is 22.5 Å². The van der Waals surface area contributed by atoms with E-state index in [1.54, 1.807) is 0 Å². The van der Waals surface area contributed by atoms with E-state index in [1.807, 2.05) is 69.3 Å². The molecule has 0 aliphatic heterocycles. The van der Waals surface area contributed by atoms with Gasteiger partial charge in [-0.25, -0.2) is 0 Å². The van der Waals surface area contributed by atoms with Crippen LogP contribution < -0.4 is 21.7 Å². The van der Waals surface area contributed by atoms with E-state index in [-0.39, 0.29) is 24.0 Å². The molecule has 2 rings (SSSR count). The number of nitrogens with one attached hydrogen (secondary N) is 4. The predicted molar refractivity (Wildman–Crippen MR) is 104 cm³/mol. The number of amides is 1. The Kier molecular flexibility index (Phi) is 5.77. The van der Waals surface area contributed by atoms with Gasteiger partial charge in [-0.15, -0.1) is 0 Å². The third-order valence-electron chi connectivity index (χ3n) is 3.42. The molecule has 0 saturated carbocycles. The van der Waals surface area contributed by atoms with Gasteiger partial charge in [0.1, 0.15) is 0 Å². The molecule has 0 saturated heterocycles. The molecule has 6 heteroatoms. The van der Waals surface area contributed by atoms with E-state index < -0.39 is 0 Å². The molecule has 0 fully saturated rings. The fraction of sp³-hybridized carbons (Fsp3) is 0.263. The molecule has 0 aromatic heterocycles. The lowest BCUT2D eigenvalue weighted by molar-refractivity contribution is -0.115. The Morgan fingerprint density at radius 3 is 2.28 bits per heavy atom. The minimum atomic E-state index is -0.102. The number of carbonyl (C=O) groups is 1. The van der Waals surface area contributed by atoms with Crippen molar-refractivity contribution >= 4 is 23.2 Å². The van der Waals surface area contributed by atoms with E-state index in [1.165, 1.54) is 0 Å². The largest absolute Gasteiger partial charge is 0.370 e. The average molecular weight is 339 g/mol. The standard InChI is InChI=1S/C19H25N5O/c1-19(2,3)22-12-17(25)23-16-6-4-5-14(11-16)13-7-9-15(10-8-13)24-18(20)21/h4-11,22H,12H2,1-3H3,(H,23,25)(H4,20,21,24). The van der Waals surface area contributed by atoms with Crippen LogP contribution in [0.15, 0.2) is 48.5 Å². The maximum absolute atomic E-state index is 12.0. The molecule has 0 bridgehead atoms. The highest BCUT2D eigenvalue weighted by atomic mass is 16.1. The van der Waals surface area contributed by atoms with Crippen LogP contribution in [0.5, 0.6) is 0 Å². The Balaban J connectivity index is 2.05. The van der Waals surface area contributed by atoms with Crippen LogP contribution in [0.25, 0.3) is 11.1 Å². The molecule has 2 aromatic rings. The molecule has 0 aliphatic carbocycles. The lowest BCUT2D eigenvalue weighted by atomic mass is 10.0. The van der Waals surface area contributed by atoms with Gasteiger partial charge in [-0.1, -0.05) is 24.3 Å². The van der Waals surface area contributed by atoms with Crippen molar-refractivity contribution in [3.05, 3.63) is 48.5 Å². The topological polar surface area (TPSA) is 103 Å². The maximum atomic E-state index is 12.0. The summed E-state index contributed by atoms with van der Waals surface area (Å²) in [6, 6.07) is 15.3. The first-order valence-electron chi connectivity index (χ1n) is 8.09. The van der Waals surface area contributed by atoms with Gasteiger partial charge in [0.25, 0.3) is 0 Å². The van der Waals surface area contributed by atoms with Crippen LogP contribution in [0, 0.1) is 5.41 Å². The van der Waals surface area contributed by atoms with Crippen LogP contribution in [-0.4, -0.2) is 24.0 Å². The molecule has 25 heavy (non-hydrogen) atoms. The fourth-order valence-electron chi connectivity index (χ4n) is 2.23. The van der Waals surface area contributed by atoms with Gasteiger partial charge < -0.3 is 21.7 Å². The van der Waals surface area contributed by atoms with Crippen LogP contribution in [0.4, 0.5) is 11.4 Å². The fourth-order valence-corrected chi connectivity index (χ4v) is 2.23. The molecule has 132 valence electrons. The molecule has 2 aromatic carbocycles. The van der Waals surface area contributed by atoms with Crippen molar-refractivity contribution < 1.29 is 4.79 Å². The van der Waals surface area contributed by atoms with Gasteiger partial charge in [0, 0.05) is 16.9 Å². The number of hydrogen-bond donors (Lipinski definition) is 5. The molecule has 0 unspecified atom stereocenters. The summed E-state index contributed by atoms with van der Waals surface area (Å²) in [6.45, 7) is 6.32. The van der Waals surface area contributed by atoms with E-state index in [2.05, 4.69) is 16.0 Å². The second-order valence-electron chi connectivity index (χ2n) is 6.85. The number of benzene rings is 2.